The topological polar surface area (TPSA) is 63.0 Å². The number of nitrogens with zero attached hydrogens (tertiary/aromatic N) is 5. The molecule has 0 spiro atoms. The summed E-state index contributed by atoms with van der Waals surface area (Å²) in [6.07, 6.45) is 6.14. The van der Waals surface area contributed by atoms with Gasteiger partial charge in [-0.3, -0.25) is 4.79 Å². The predicted octanol–water partition coefficient (Wildman–Crippen LogP) is 4.91. The Morgan fingerprint density at radius 2 is 2.03 bits per heavy atom. The second-order valence-corrected chi connectivity index (χ2v) is 9.72. The second kappa shape index (κ2) is 8.86. The SMILES string of the molecule is COc1ccc(Cl)c(C(=O)N2CCCC[C@H]2c2cc3nc(N4CC[C@H](C)C4)c(C)cn3n2)c1. The Morgan fingerprint density at radius 1 is 1.18 bits per heavy atom. The smallest absolute Gasteiger partial charge is 0.256 e. The number of likely N-dealkylation sites (tertiary alicyclic amines) is 1. The van der Waals surface area contributed by atoms with Crippen LogP contribution in [0.2, 0.25) is 5.02 Å². The third kappa shape index (κ3) is 4.14. The molecule has 33 heavy (non-hydrogen) atoms. The van der Waals surface area contributed by atoms with Crippen LogP contribution in [-0.2, 0) is 0 Å². The minimum atomic E-state index is -0.106. The molecule has 4 heterocycles. The third-order valence-electron chi connectivity index (χ3n) is 6.86. The lowest BCUT2D eigenvalue weighted by atomic mass is 9.98. The first-order chi connectivity index (χ1) is 15.9. The van der Waals surface area contributed by atoms with E-state index in [-0.39, 0.29) is 11.9 Å². The zero-order valence-corrected chi connectivity index (χ0v) is 20.2. The molecule has 0 saturated carbocycles. The molecule has 0 radical (unpaired) electrons. The van der Waals surface area contributed by atoms with Crippen molar-refractivity contribution in [3.8, 4) is 5.75 Å². The van der Waals surface area contributed by atoms with Gasteiger partial charge >= 0.3 is 0 Å². The van der Waals surface area contributed by atoms with E-state index in [1.807, 2.05) is 15.5 Å². The van der Waals surface area contributed by atoms with Crippen LogP contribution in [0.25, 0.3) is 5.65 Å². The first-order valence-electron chi connectivity index (χ1n) is 11.7. The zero-order valence-electron chi connectivity index (χ0n) is 19.4. The van der Waals surface area contributed by atoms with E-state index in [1.54, 1.807) is 25.3 Å². The average Bonchev–Trinajstić information content (AvgIpc) is 3.44. The number of aryl methyl sites for hydroxylation is 1. The van der Waals surface area contributed by atoms with Crippen molar-refractivity contribution in [3.63, 3.8) is 0 Å². The first-order valence-corrected chi connectivity index (χ1v) is 12.1. The fourth-order valence-corrected chi connectivity index (χ4v) is 5.26. The number of fused-ring (bicyclic) bond motifs is 1. The molecule has 0 unspecified atom stereocenters. The van der Waals surface area contributed by atoms with Gasteiger partial charge in [0.1, 0.15) is 11.6 Å². The molecule has 2 aliphatic heterocycles. The number of ether oxygens (including phenoxy) is 1. The fourth-order valence-electron chi connectivity index (χ4n) is 5.06. The van der Waals surface area contributed by atoms with E-state index in [0.29, 0.717) is 28.8 Å². The molecule has 174 valence electrons. The van der Waals surface area contributed by atoms with Gasteiger partial charge in [-0.05, 0) is 56.7 Å². The highest BCUT2D eigenvalue weighted by atomic mass is 35.5. The number of halogens is 1. The molecule has 0 aliphatic carbocycles. The number of methoxy groups -OCH3 is 1. The Labute approximate surface area is 199 Å². The largest absolute Gasteiger partial charge is 0.497 e. The quantitative estimate of drug-likeness (QED) is 0.545. The number of carbonyl (C=O) groups excluding carboxylic acids is 1. The van der Waals surface area contributed by atoms with Crippen molar-refractivity contribution in [1.82, 2.24) is 19.5 Å². The molecule has 2 saturated heterocycles. The van der Waals surface area contributed by atoms with Gasteiger partial charge in [0.15, 0.2) is 5.65 Å². The molecular formula is C25H30ClN5O2. The average molecular weight is 468 g/mol. The van der Waals surface area contributed by atoms with Crippen molar-refractivity contribution < 1.29 is 9.53 Å². The van der Waals surface area contributed by atoms with Crippen LogP contribution in [0.4, 0.5) is 5.82 Å². The standard InChI is InChI=1S/C25H30ClN5O2/c1-16-9-11-29(14-16)24-17(2)15-31-23(27-24)13-21(28-31)22-6-4-5-10-30(22)25(32)19-12-18(33-3)7-8-20(19)26/h7-8,12-13,15-16,22H,4-6,9-11,14H2,1-3H3/t16-,22-/m0/s1. The van der Waals surface area contributed by atoms with Crippen molar-refractivity contribution >= 4 is 29.0 Å². The van der Waals surface area contributed by atoms with E-state index < -0.39 is 0 Å². The highest BCUT2D eigenvalue weighted by Gasteiger charge is 2.32. The molecule has 2 aliphatic rings. The van der Waals surface area contributed by atoms with Crippen molar-refractivity contribution in [1.29, 1.82) is 0 Å². The van der Waals surface area contributed by atoms with Crippen LogP contribution in [0.3, 0.4) is 0 Å². The van der Waals surface area contributed by atoms with Crippen LogP contribution in [-0.4, -0.2) is 52.1 Å². The summed E-state index contributed by atoms with van der Waals surface area (Å²) in [5.41, 5.74) is 3.28. The molecule has 0 bridgehead atoms. The molecule has 3 aromatic rings. The van der Waals surface area contributed by atoms with Gasteiger partial charge < -0.3 is 14.5 Å². The number of carbonyl (C=O) groups is 1. The minimum Gasteiger partial charge on any atom is -0.497 e. The van der Waals surface area contributed by atoms with E-state index in [2.05, 4.69) is 24.9 Å². The van der Waals surface area contributed by atoms with E-state index in [4.69, 9.17) is 26.4 Å². The number of amides is 1. The number of piperidine rings is 1. The molecule has 1 amide bonds. The molecule has 1 aromatic carbocycles. The first kappa shape index (κ1) is 22.0. The van der Waals surface area contributed by atoms with Crippen LogP contribution in [0, 0.1) is 12.8 Å². The summed E-state index contributed by atoms with van der Waals surface area (Å²) in [6, 6.07) is 7.12. The number of hydrogen-bond donors (Lipinski definition) is 0. The molecule has 0 N–H and O–H groups in total. The number of hydrogen-bond acceptors (Lipinski definition) is 5. The van der Waals surface area contributed by atoms with E-state index in [1.165, 1.54) is 6.42 Å². The van der Waals surface area contributed by atoms with Gasteiger partial charge in [-0.2, -0.15) is 5.10 Å². The van der Waals surface area contributed by atoms with Crippen molar-refractivity contribution in [2.75, 3.05) is 31.6 Å². The Kier molecular flexibility index (Phi) is 5.91. The van der Waals surface area contributed by atoms with Gasteiger partial charge in [0.05, 0.1) is 29.4 Å². The van der Waals surface area contributed by atoms with Gasteiger partial charge in [-0.25, -0.2) is 9.50 Å². The van der Waals surface area contributed by atoms with Crippen molar-refractivity contribution in [3.05, 3.63) is 52.3 Å². The summed E-state index contributed by atoms with van der Waals surface area (Å²) in [5.74, 6) is 2.26. The van der Waals surface area contributed by atoms with Gasteiger partial charge in [-0.15, -0.1) is 0 Å². The minimum absolute atomic E-state index is 0.0865. The maximum atomic E-state index is 13.5. The highest BCUT2D eigenvalue weighted by molar-refractivity contribution is 6.33. The van der Waals surface area contributed by atoms with Crippen molar-refractivity contribution in [2.24, 2.45) is 5.92 Å². The molecule has 2 atom stereocenters. The molecular weight excluding hydrogens is 438 g/mol. The van der Waals surface area contributed by atoms with E-state index in [0.717, 1.165) is 55.1 Å². The lowest BCUT2D eigenvalue weighted by molar-refractivity contribution is 0.0605. The van der Waals surface area contributed by atoms with Crippen LogP contribution >= 0.6 is 11.6 Å². The number of anilines is 1. The number of rotatable bonds is 4. The Morgan fingerprint density at radius 3 is 2.79 bits per heavy atom. The van der Waals surface area contributed by atoms with Gasteiger partial charge in [0.25, 0.3) is 5.91 Å². The molecule has 5 rings (SSSR count). The highest BCUT2D eigenvalue weighted by Crippen LogP contribution is 2.34. The van der Waals surface area contributed by atoms with Gasteiger partial charge in [0.2, 0.25) is 0 Å². The van der Waals surface area contributed by atoms with Crippen LogP contribution in [0.5, 0.6) is 5.75 Å². The Balaban J connectivity index is 1.48. The summed E-state index contributed by atoms with van der Waals surface area (Å²) in [4.78, 5) is 22.8. The summed E-state index contributed by atoms with van der Waals surface area (Å²) in [7, 11) is 1.59. The normalized spacial score (nSPS) is 21.1. The van der Waals surface area contributed by atoms with E-state index in [9.17, 15) is 4.79 Å². The predicted molar refractivity (Wildman–Crippen MR) is 129 cm³/mol. The molecule has 7 nitrogen and oxygen atoms in total. The zero-order chi connectivity index (χ0) is 23.1. The van der Waals surface area contributed by atoms with Crippen LogP contribution in [0.15, 0.2) is 30.5 Å². The third-order valence-corrected chi connectivity index (χ3v) is 7.19. The summed E-state index contributed by atoms with van der Waals surface area (Å²) >= 11 is 6.40. The van der Waals surface area contributed by atoms with Gasteiger partial charge in [0, 0.05) is 37.5 Å². The Bertz CT molecular complexity index is 1190. The monoisotopic (exact) mass is 467 g/mol. The number of benzene rings is 1. The molecule has 2 aromatic heterocycles. The van der Waals surface area contributed by atoms with Gasteiger partial charge in [-0.1, -0.05) is 18.5 Å². The van der Waals surface area contributed by atoms with Crippen LogP contribution < -0.4 is 9.64 Å². The molecule has 2 fully saturated rings. The summed E-state index contributed by atoms with van der Waals surface area (Å²) in [5, 5.41) is 5.28. The van der Waals surface area contributed by atoms with Crippen LogP contribution in [0.1, 0.15) is 60.3 Å². The maximum Gasteiger partial charge on any atom is 0.256 e. The van der Waals surface area contributed by atoms with Crippen molar-refractivity contribution in [2.45, 2.75) is 45.6 Å². The summed E-state index contributed by atoms with van der Waals surface area (Å²) in [6.45, 7) is 7.13. The van der Waals surface area contributed by atoms with E-state index >= 15 is 0 Å². The maximum absolute atomic E-state index is 13.5. The Hall–Kier alpha value is -2.80. The lowest BCUT2D eigenvalue weighted by Crippen LogP contribution is -2.38. The lowest BCUT2D eigenvalue weighted by Gasteiger charge is -2.35. The fraction of sp³-hybridized carbons (Fsp3) is 0.480. The summed E-state index contributed by atoms with van der Waals surface area (Å²) < 4.78 is 7.16. The second-order valence-electron chi connectivity index (χ2n) is 9.32. The number of aromatic nitrogens is 3. The molecule has 8 heteroatoms.